The van der Waals surface area contributed by atoms with Gasteiger partial charge in [-0.2, -0.15) is 0 Å². The van der Waals surface area contributed by atoms with E-state index in [1.54, 1.807) is 24.3 Å². The van der Waals surface area contributed by atoms with Crippen molar-refractivity contribution in [2.45, 2.75) is 31.3 Å². The second-order valence-electron chi connectivity index (χ2n) is 4.92. The van der Waals surface area contributed by atoms with E-state index in [2.05, 4.69) is 10.6 Å². The summed E-state index contributed by atoms with van der Waals surface area (Å²) in [4.78, 5) is 22.2. The fourth-order valence-electron chi connectivity index (χ4n) is 2.16. The third-order valence-corrected chi connectivity index (χ3v) is 3.22. The normalized spacial score (nSPS) is 25.1. The van der Waals surface area contributed by atoms with Gasteiger partial charge in [-0.3, -0.25) is 9.59 Å². The Morgan fingerprint density at radius 2 is 2.05 bits per heavy atom. The number of hydrogen-bond donors (Lipinski definition) is 4. The van der Waals surface area contributed by atoms with Crippen LogP contribution in [0.25, 0.3) is 0 Å². The summed E-state index contributed by atoms with van der Waals surface area (Å²) >= 11 is 0. The van der Waals surface area contributed by atoms with Gasteiger partial charge in [0.05, 0.1) is 25.2 Å². The number of benzene rings is 1. The van der Waals surface area contributed by atoms with Gasteiger partial charge in [0.15, 0.2) is 6.29 Å². The molecule has 4 N–H and O–H groups in total. The molecular formula is C14H18N2O5. The highest BCUT2D eigenvalue weighted by atomic mass is 16.6. The first-order valence-corrected chi connectivity index (χ1v) is 6.64. The van der Waals surface area contributed by atoms with E-state index in [4.69, 9.17) is 4.74 Å². The lowest BCUT2D eigenvalue weighted by molar-refractivity contribution is -0.175. The van der Waals surface area contributed by atoms with Gasteiger partial charge < -0.3 is 25.6 Å². The Hall–Kier alpha value is -1.96. The molecule has 3 unspecified atom stereocenters. The van der Waals surface area contributed by atoms with E-state index in [9.17, 15) is 19.8 Å². The van der Waals surface area contributed by atoms with E-state index in [1.807, 2.05) is 0 Å². The van der Waals surface area contributed by atoms with Gasteiger partial charge in [0.2, 0.25) is 12.3 Å². The van der Waals surface area contributed by atoms with Crippen LogP contribution in [-0.4, -0.2) is 47.6 Å². The average Bonchev–Trinajstić information content (AvgIpc) is 2.45. The highest BCUT2D eigenvalue weighted by Crippen LogP contribution is 2.13. The highest BCUT2D eigenvalue weighted by Gasteiger charge is 2.30. The third kappa shape index (κ3) is 4.52. The van der Waals surface area contributed by atoms with Crippen LogP contribution >= 0.6 is 0 Å². The second kappa shape index (κ2) is 7.16. The van der Waals surface area contributed by atoms with Crippen molar-refractivity contribution in [1.82, 2.24) is 5.32 Å². The minimum Gasteiger partial charge on any atom is -0.391 e. The van der Waals surface area contributed by atoms with Gasteiger partial charge in [-0.05, 0) is 17.7 Å². The van der Waals surface area contributed by atoms with E-state index in [0.717, 1.165) is 5.56 Å². The Bertz CT molecular complexity index is 491. The van der Waals surface area contributed by atoms with Crippen molar-refractivity contribution in [2.75, 3.05) is 11.9 Å². The maximum absolute atomic E-state index is 11.9. The number of aliphatic hydroxyl groups excluding tert-OH is 2. The van der Waals surface area contributed by atoms with E-state index in [-0.39, 0.29) is 25.4 Å². The maximum atomic E-state index is 11.9. The lowest BCUT2D eigenvalue weighted by Gasteiger charge is -2.31. The monoisotopic (exact) mass is 294 g/mol. The van der Waals surface area contributed by atoms with Crippen LogP contribution in [0.3, 0.4) is 0 Å². The molecule has 114 valence electrons. The summed E-state index contributed by atoms with van der Waals surface area (Å²) in [5.74, 6) is -0.271. The third-order valence-electron chi connectivity index (χ3n) is 3.22. The van der Waals surface area contributed by atoms with E-state index >= 15 is 0 Å². The topological polar surface area (TPSA) is 108 Å². The highest BCUT2D eigenvalue weighted by molar-refractivity contribution is 5.79. The molecule has 0 aliphatic carbocycles. The summed E-state index contributed by atoms with van der Waals surface area (Å²) in [6.07, 6.45) is -0.809. The lowest BCUT2D eigenvalue weighted by Crippen LogP contribution is -2.51. The molecule has 2 rings (SSSR count). The quantitative estimate of drug-likeness (QED) is 0.541. The second-order valence-corrected chi connectivity index (χ2v) is 4.92. The van der Waals surface area contributed by atoms with E-state index in [1.165, 1.54) is 0 Å². The van der Waals surface area contributed by atoms with Crippen LogP contribution in [0.5, 0.6) is 0 Å². The van der Waals surface area contributed by atoms with Gasteiger partial charge in [-0.15, -0.1) is 0 Å². The van der Waals surface area contributed by atoms with Crippen LogP contribution in [0.2, 0.25) is 0 Å². The predicted octanol–water partition coefficient (Wildman–Crippen LogP) is -0.618. The number of rotatable bonds is 5. The van der Waals surface area contributed by atoms with Crippen LogP contribution in [0.15, 0.2) is 24.3 Å². The molecule has 1 aliphatic heterocycles. The van der Waals surface area contributed by atoms with Crippen LogP contribution < -0.4 is 10.6 Å². The van der Waals surface area contributed by atoms with Crippen molar-refractivity contribution in [1.29, 1.82) is 0 Å². The number of nitrogens with one attached hydrogen (secondary N) is 2. The molecule has 1 heterocycles. The summed E-state index contributed by atoms with van der Waals surface area (Å²) < 4.78 is 4.95. The van der Waals surface area contributed by atoms with Gasteiger partial charge in [-0.25, -0.2) is 0 Å². The minimum atomic E-state index is -1.10. The molecule has 21 heavy (non-hydrogen) atoms. The molecule has 0 spiro atoms. The molecule has 1 fully saturated rings. The molecule has 0 bridgehead atoms. The average molecular weight is 294 g/mol. The first kappa shape index (κ1) is 15.4. The molecule has 3 atom stereocenters. The molecule has 0 saturated carbocycles. The number of carbonyl (C=O) groups is 2. The standard InChI is InChI=1S/C14H18N2O5/c17-8-15-10-3-1-9(2-4-10)5-13(19)16-12-6-11(18)7-21-14(12)20/h1-4,8,11-12,14,18,20H,5-7H2,(H,15,17)(H,16,19). The van der Waals surface area contributed by atoms with E-state index in [0.29, 0.717) is 12.1 Å². The molecule has 1 aromatic rings. The van der Waals surface area contributed by atoms with Gasteiger partial charge in [0, 0.05) is 12.1 Å². The number of amides is 2. The van der Waals surface area contributed by atoms with Crippen molar-refractivity contribution in [3.63, 3.8) is 0 Å². The van der Waals surface area contributed by atoms with E-state index < -0.39 is 18.4 Å². The fraction of sp³-hybridized carbons (Fsp3) is 0.429. The first-order chi connectivity index (χ1) is 10.1. The van der Waals surface area contributed by atoms with Crippen LogP contribution in [-0.2, 0) is 20.7 Å². The maximum Gasteiger partial charge on any atom is 0.224 e. The van der Waals surface area contributed by atoms with Gasteiger partial charge in [0.25, 0.3) is 0 Å². The summed E-state index contributed by atoms with van der Waals surface area (Å²) in [6.45, 7) is 0.0682. The summed E-state index contributed by atoms with van der Waals surface area (Å²) in [6, 6.07) is 6.23. The van der Waals surface area contributed by atoms with Crippen LogP contribution in [0.1, 0.15) is 12.0 Å². The number of ether oxygens (including phenoxy) is 1. The van der Waals surface area contributed by atoms with Crippen LogP contribution in [0.4, 0.5) is 5.69 Å². The molecule has 0 aromatic heterocycles. The fourth-order valence-corrected chi connectivity index (χ4v) is 2.16. The summed E-state index contributed by atoms with van der Waals surface area (Å²) in [5.41, 5.74) is 1.42. The zero-order valence-electron chi connectivity index (χ0n) is 11.4. The Morgan fingerprint density at radius 3 is 2.71 bits per heavy atom. The lowest BCUT2D eigenvalue weighted by atomic mass is 10.1. The summed E-state index contributed by atoms with van der Waals surface area (Å²) in [7, 11) is 0. The molecule has 7 nitrogen and oxygen atoms in total. The Morgan fingerprint density at radius 1 is 1.33 bits per heavy atom. The Balaban J connectivity index is 1.87. The molecular weight excluding hydrogens is 276 g/mol. The largest absolute Gasteiger partial charge is 0.391 e. The Kier molecular flexibility index (Phi) is 5.26. The van der Waals surface area contributed by atoms with Gasteiger partial charge in [0.1, 0.15) is 0 Å². The smallest absolute Gasteiger partial charge is 0.224 e. The number of aliphatic hydroxyl groups is 2. The van der Waals surface area contributed by atoms with Crippen molar-refractivity contribution in [3.05, 3.63) is 29.8 Å². The molecule has 1 saturated heterocycles. The molecule has 1 aliphatic rings. The zero-order chi connectivity index (χ0) is 15.2. The summed E-state index contributed by atoms with van der Waals surface area (Å²) in [5, 5.41) is 24.2. The Labute approximate surface area is 121 Å². The minimum absolute atomic E-state index is 0.0682. The van der Waals surface area contributed by atoms with Gasteiger partial charge in [-0.1, -0.05) is 12.1 Å². The zero-order valence-corrected chi connectivity index (χ0v) is 11.4. The molecule has 2 amide bonds. The van der Waals surface area contributed by atoms with Crippen molar-refractivity contribution in [3.8, 4) is 0 Å². The first-order valence-electron chi connectivity index (χ1n) is 6.64. The number of carbonyl (C=O) groups excluding carboxylic acids is 2. The molecule has 7 heteroatoms. The van der Waals surface area contributed by atoms with Crippen molar-refractivity contribution >= 4 is 18.0 Å². The van der Waals surface area contributed by atoms with Crippen molar-refractivity contribution in [2.24, 2.45) is 0 Å². The number of hydrogen-bond acceptors (Lipinski definition) is 5. The predicted molar refractivity (Wildman–Crippen MR) is 74.3 cm³/mol. The van der Waals surface area contributed by atoms with Gasteiger partial charge >= 0.3 is 0 Å². The SMILES string of the molecule is O=CNc1ccc(CC(=O)NC2CC(O)COC2O)cc1. The van der Waals surface area contributed by atoms with Crippen LogP contribution in [0, 0.1) is 0 Å². The molecule has 0 radical (unpaired) electrons. The molecule has 1 aromatic carbocycles. The van der Waals surface area contributed by atoms with Crippen molar-refractivity contribution < 1.29 is 24.5 Å². The number of anilines is 1.